The van der Waals surface area contributed by atoms with Crippen LogP contribution in [-0.4, -0.2) is 27.8 Å². The first kappa shape index (κ1) is 17.0. The molecule has 0 bridgehead atoms. The van der Waals surface area contributed by atoms with Gasteiger partial charge in [0.2, 0.25) is 0 Å². The van der Waals surface area contributed by atoms with Crippen LogP contribution in [0.1, 0.15) is 12.5 Å². The average Bonchev–Trinajstić information content (AvgIpc) is 3.00. The highest BCUT2D eigenvalue weighted by molar-refractivity contribution is 6.39. The lowest BCUT2D eigenvalue weighted by atomic mass is 10.1. The summed E-state index contributed by atoms with van der Waals surface area (Å²) in [5.41, 5.74) is 2.13. The van der Waals surface area contributed by atoms with E-state index in [0.29, 0.717) is 11.4 Å². The van der Waals surface area contributed by atoms with Gasteiger partial charge in [0.15, 0.2) is 0 Å². The molecule has 6 nitrogen and oxygen atoms in total. The van der Waals surface area contributed by atoms with Crippen LogP contribution in [-0.2, 0) is 16.0 Å². The van der Waals surface area contributed by atoms with Crippen LogP contribution in [0.2, 0.25) is 5.02 Å². The number of carbonyl (C=O) groups is 2. The highest BCUT2D eigenvalue weighted by Gasteiger charge is 2.17. The Kier molecular flexibility index (Phi) is 5.00. The molecule has 7 heteroatoms. The van der Waals surface area contributed by atoms with Crippen LogP contribution in [0.5, 0.6) is 0 Å². The van der Waals surface area contributed by atoms with Gasteiger partial charge in [-0.1, -0.05) is 29.8 Å². The number of H-pyrrole nitrogens is 1. The number of amides is 2. The molecule has 2 aromatic heterocycles. The first-order chi connectivity index (χ1) is 12.0. The molecule has 1 aromatic carbocycles. The van der Waals surface area contributed by atoms with E-state index in [0.717, 1.165) is 16.5 Å². The molecular weight excluding hydrogens is 340 g/mol. The summed E-state index contributed by atoms with van der Waals surface area (Å²) in [6.07, 6.45) is 3.93. The number of carbonyl (C=O) groups excluding carboxylic acids is 2. The second kappa shape index (κ2) is 7.36. The third-order valence-electron chi connectivity index (χ3n) is 3.75. The Morgan fingerprint density at radius 2 is 2.00 bits per heavy atom. The molecule has 25 heavy (non-hydrogen) atoms. The van der Waals surface area contributed by atoms with Crippen molar-refractivity contribution in [3.63, 3.8) is 0 Å². The minimum atomic E-state index is -0.763. The second-order valence-electron chi connectivity index (χ2n) is 5.75. The van der Waals surface area contributed by atoms with Crippen LogP contribution >= 0.6 is 11.6 Å². The molecule has 0 aliphatic rings. The summed E-state index contributed by atoms with van der Waals surface area (Å²) >= 11 is 5.73. The van der Waals surface area contributed by atoms with Gasteiger partial charge in [-0.05, 0) is 37.1 Å². The van der Waals surface area contributed by atoms with E-state index >= 15 is 0 Å². The van der Waals surface area contributed by atoms with Crippen LogP contribution in [0.15, 0.2) is 48.8 Å². The molecule has 0 aliphatic heterocycles. The Bertz CT molecular complexity index is 905. The van der Waals surface area contributed by atoms with Crippen molar-refractivity contribution in [2.24, 2.45) is 0 Å². The molecule has 1 atom stereocenters. The molecule has 0 radical (unpaired) electrons. The fourth-order valence-electron chi connectivity index (χ4n) is 2.59. The van der Waals surface area contributed by atoms with Gasteiger partial charge in [0, 0.05) is 29.3 Å². The fraction of sp³-hybridized carbons (Fsp3) is 0.167. The first-order valence-corrected chi connectivity index (χ1v) is 8.19. The Labute approximate surface area is 149 Å². The number of nitrogens with zero attached hydrogens (tertiary/aromatic N) is 1. The molecule has 1 unspecified atom stereocenters. The number of hydrogen-bond acceptors (Lipinski definition) is 3. The third-order valence-corrected chi connectivity index (χ3v) is 3.98. The number of benzene rings is 1. The van der Waals surface area contributed by atoms with E-state index in [9.17, 15) is 9.59 Å². The lowest BCUT2D eigenvalue weighted by Crippen LogP contribution is -2.41. The average molecular weight is 357 g/mol. The van der Waals surface area contributed by atoms with Crippen molar-refractivity contribution in [1.29, 1.82) is 0 Å². The molecule has 0 spiro atoms. The van der Waals surface area contributed by atoms with Crippen molar-refractivity contribution >= 4 is 40.1 Å². The van der Waals surface area contributed by atoms with E-state index in [4.69, 9.17) is 11.6 Å². The molecule has 0 aliphatic carbocycles. The predicted octanol–water partition coefficient (Wildman–Crippen LogP) is 2.90. The molecule has 0 fully saturated rings. The topological polar surface area (TPSA) is 86.9 Å². The number of halogens is 1. The van der Waals surface area contributed by atoms with Gasteiger partial charge < -0.3 is 15.6 Å². The lowest BCUT2D eigenvalue weighted by molar-refractivity contribution is -0.136. The predicted molar refractivity (Wildman–Crippen MR) is 97.5 cm³/mol. The van der Waals surface area contributed by atoms with Gasteiger partial charge in [-0.15, -0.1) is 0 Å². The van der Waals surface area contributed by atoms with Crippen LogP contribution in [0.25, 0.3) is 10.9 Å². The lowest BCUT2D eigenvalue weighted by Gasteiger charge is -2.13. The van der Waals surface area contributed by atoms with Crippen molar-refractivity contribution in [1.82, 2.24) is 15.3 Å². The quantitative estimate of drug-likeness (QED) is 0.628. The summed E-state index contributed by atoms with van der Waals surface area (Å²) in [7, 11) is 0. The number of pyridine rings is 1. The molecule has 0 saturated heterocycles. The molecule has 128 valence electrons. The van der Waals surface area contributed by atoms with Gasteiger partial charge in [0.05, 0.1) is 5.02 Å². The third kappa shape index (κ3) is 4.16. The number of aromatic amines is 1. The molecule has 2 heterocycles. The van der Waals surface area contributed by atoms with Gasteiger partial charge in [-0.3, -0.25) is 9.59 Å². The van der Waals surface area contributed by atoms with Crippen molar-refractivity contribution in [3.05, 3.63) is 59.4 Å². The monoisotopic (exact) mass is 356 g/mol. The van der Waals surface area contributed by atoms with E-state index in [-0.39, 0.29) is 11.9 Å². The summed E-state index contributed by atoms with van der Waals surface area (Å²) in [6.45, 7) is 1.85. The van der Waals surface area contributed by atoms with Gasteiger partial charge in [-0.2, -0.15) is 0 Å². The van der Waals surface area contributed by atoms with Crippen LogP contribution < -0.4 is 10.6 Å². The van der Waals surface area contributed by atoms with E-state index in [1.807, 2.05) is 37.4 Å². The summed E-state index contributed by atoms with van der Waals surface area (Å²) in [5.74, 6) is -1.20. The minimum Gasteiger partial charge on any atom is -0.361 e. The number of aromatic nitrogens is 2. The molecular formula is C18H17ClN4O2. The van der Waals surface area contributed by atoms with Crippen molar-refractivity contribution in [3.8, 4) is 0 Å². The Hall–Kier alpha value is -2.86. The van der Waals surface area contributed by atoms with Crippen molar-refractivity contribution in [2.45, 2.75) is 19.4 Å². The summed E-state index contributed by atoms with van der Waals surface area (Å²) in [5, 5.41) is 6.69. The van der Waals surface area contributed by atoms with Crippen LogP contribution in [0.3, 0.4) is 0 Å². The molecule has 3 aromatic rings. The maximum atomic E-state index is 12.0. The van der Waals surface area contributed by atoms with Crippen LogP contribution in [0, 0.1) is 0 Å². The number of anilines is 1. The van der Waals surface area contributed by atoms with Crippen LogP contribution in [0.4, 0.5) is 5.82 Å². The summed E-state index contributed by atoms with van der Waals surface area (Å²) < 4.78 is 0. The van der Waals surface area contributed by atoms with Gasteiger partial charge in [0.25, 0.3) is 0 Å². The highest BCUT2D eigenvalue weighted by Crippen LogP contribution is 2.19. The van der Waals surface area contributed by atoms with E-state index in [1.165, 1.54) is 12.3 Å². The van der Waals surface area contributed by atoms with Gasteiger partial charge in [-0.25, -0.2) is 4.98 Å². The Balaban J connectivity index is 1.58. The highest BCUT2D eigenvalue weighted by atomic mass is 35.5. The molecule has 3 N–H and O–H groups in total. The first-order valence-electron chi connectivity index (χ1n) is 7.81. The van der Waals surface area contributed by atoms with E-state index < -0.39 is 11.8 Å². The summed E-state index contributed by atoms with van der Waals surface area (Å²) in [4.78, 5) is 31.1. The molecule has 3 rings (SSSR count). The normalized spacial score (nSPS) is 11.9. The van der Waals surface area contributed by atoms with Gasteiger partial charge >= 0.3 is 11.8 Å². The van der Waals surface area contributed by atoms with E-state index in [2.05, 4.69) is 20.6 Å². The molecule has 2 amide bonds. The number of fused-ring (bicyclic) bond motifs is 1. The van der Waals surface area contributed by atoms with Gasteiger partial charge in [0.1, 0.15) is 5.82 Å². The standard InChI is InChI=1S/C18H17ClN4O2/c1-11(8-12-9-20-15-5-3-2-4-14(12)15)22-17(24)18(25)23-16-7-6-13(19)10-21-16/h2-7,9-11,20H,8H2,1H3,(H,22,24)(H,21,23,25). The zero-order valence-electron chi connectivity index (χ0n) is 13.5. The number of nitrogens with one attached hydrogen (secondary N) is 3. The SMILES string of the molecule is CC(Cc1c[nH]c2ccccc12)NC(=O)C(=O)Nc1ccc(Cl)cn1. The van der Waals surface area contributed by atoms with Crippen molar-refractivity contribution < 1.29 is 9.59 Å². The smallest absolute Gasteiger partial charge is 0.314 e. The maximum Gasteiger partial charge on any atom is 0.314 e. The number of rotatable bonds is 4. The second-order valence-corrected chi connectivity index (χ2v) is 6.19. The summed E-state index contributed by atoms with van der Waals surface area (Å²) in [6, 6.07) is 10.9. The Morgan fingerprint density at radius 3 is 2.76 bits per heavy atom. The fourth-order valence-corrected chi connectivity index (χ4v) is 2.71. The van der Waals surface area contributed by atoms with E-state index in [1.54, 1.807) is 6.07 Å². The maximum absolute atomic E-state index is 12.0. The number of para-hydroxylation sites is 1. The zero-order chi connectivity index (χ0) is 17.8. The largest absolute Gasteiger partial charge is 0.361 e. The minimum absolute atomic E-state index is 0.198. The molecule has 0 saturated carbocycles. The Morgan fingerprint density at radius 1 is 1.20 bits per heavy atom. The van der Waals surface area contributed by atoms with Crippen molar-refractivity contribution in [2.75, 3.05) is 5.32 Å². The number of hydrogen-bond donors (Lipinski definition) is 3. The zero-order valence-corrected chi connectivity index (χ0v) is 14.3.